The molecule has 2 nitrogen and oxygen atoms in total. The van der Waals surface area contributed by atoms with Crippen LogP contribution < -0.4 is 4.74 Å². The van der Waals surface area contributed by atoms with Gasteiger partial charge in [0.25, 0.3) is 0 Å². The first-order valence-corrected chi connectivity index (χ1v) is 6.21. The van der Waals surface area contributed by atoms with Crippen molar-refractivity contribution in [1.82, 2.24) is 0 Å². The number of aliphatic hydroxyl groups is 1. The minimum atomic E-state index is -0.487. The van der Waals surface area contributed by atoms with Crippen molar-refractivity contribution >= 4 is 0 Å². The molecule has 96 valence electrons. The third-order valence-electron chi connectivity index (χ3n) is 2.73. The molecule has 0 aliphatic rings. The van der Waals surface area contributed by atoms with Gasteiger partial charge in [-0.3, -0.25) is 0 Å². The lowest BCUT2D eigenvalue weighted by Crippen LogP contribution is -2.12. The van der Waals surface area contributed by atoms with Gasteiger partial charge in [0.05, 0.1) is 12.7 Å². The number of ether oxygens (including phenoxy) is 1. The topological polar surface area (TPSA) is 29.5 Å². The van der Waals surface area contributed by atoms with Crippen molar-refractivity contribution in [3.05, 3.63) is 29.3 Å². The maximum atomic E-state index is 9.71. The monoisotopic (exact) mass is 236 g/mol. The van der Waals surface area contributed by atoms with E-state index in [1.54, 1.807) is 6.92 Å². The van der Waals surface area contributed by atoms with E-state index in [1.807, 2.05) is 25.1 Å². The van der Waals surface area contributed by atoms with Gasteiger partial charge < -0.3 is 9.84 Å². The normalized spacial score (nSPS) is 13.5. The lowest BCUT2D eigenvalue weighted by molar-refractivity contribution is 0.186. The smallest absolute Gasteiger partial charge is 0.125 e. The minimum Gasteiger partial charge on any atom is -0.493 e. The van der Waals surface area contributed by atoms with Crippen LogP contribution >= 0.6 is 0 Å². The van der Waals surface area contributed by atoms with Crippen LogP contribution in [0.5, 0.6) is 5.75 Å². The second-order valence-electron chi connectivity index (χ2n) is 5.88. The molecule has 0 aliphatic heterocycles. The van der Waals surface area contributed by atoms with Crippen LogP contribution in [0.25, 0.3) is 0 Å². The maximum Gasteiger partial charge on any atom is 0.125 e. The van der Waals surface area contributed by atoms with E-state index < -0.39 is 6.10 Å². The Bertz CT molecular complexity index is 362. The van der Waals surface area contributed by atoms with E-state index in [1.165, 1.54) is 0 Å². The van der Waals surface area contributed by atoms with Gasteiger partial charge in [0.2, 0.25) is 0 Å². The van der Waals surface area contributed by atoms with Gasteiger partial charge in [-0.25, -0.2) is 0 Å². The molecule has 0 aromatic heterocycles. The molecule has 17 heavy (non-hydrogen) atoms. The van der Waals surface area contributed by atoms with Crippen molar-refractivity contribution < 1.29 is 9.84 Å². The summed E-state index contributed by atoms with van der Waals surface area (Å²) < 4.78 is 5.77. The van der Waals surface area contributed by atoms with Crippen LogP contribution in [-0.4, -0.2) is 11.7 Å². The molecule has 0 heterocycles. The van der Waals surface area contributed by atoms with Crippen molar-refractivity contribution in [2.75, 3.05) is 6.61 Å². The standard InChI is InChI=1S/C15H24O2/c1-11-6-7-14(13(10-11)12(2)16)17-9-8-15(3,4)5/h6-7,10,12,16H,8-9H2,1-5H3. The summed E-state index contributed by atoms with van der Waals surface area (Å²) >= 11 is 0. The van der Waals surface area contributed by atoms with Crippen LogP contribution in [0, 0.1) is 12.3 Å². The van der Waals surface area contributed by atoms with Crippen molar-refractivity contribution in [2.24, 2.45) is 5.41 Å². The van der Waals surface area contributed by atoms with Crippen LogP contribution in [0.15, 0.2) is 18.2 Å². The molecule has 0 saturated carbocycles. The molecular weight excluding hydrogens is 212 g/mol. The first kappa shape index (κ1) is 14.0. The molecule has 2 heteroatoms. The second-order valence-corrected chi connectivity index (χ2v) is 5.88. The fourth-order valence-corrected chi connectivity index (χ4v) is 1.59. The summed E-state index contributed by atoms with van der Waals surface area (Å²) in [6, 6.07) is 5.94. The van der Waals surface area contributed by atoms with Gasteiger partial charge in [-0.1, -0.05) is 32.4 Å². The van der Waals surface area contributed by atoms with Crippen LogP contribution in [-0.2, 0) is 0 Å². The molecular formula is C15H24O2. The number of aliphatic hydroxyl groups excluding tert-OH is 1. The van der Waals surface area contributed by atoms with Crippen LogP contribution in [0.1, 0.15) is 51.3 Å². The number of benzene rings is 1. The van der Waals surface area contributed by atoms with Crippen LogP contribution in [0.3, 0.4) is 0 Å². The summed E-state index contributed by atoms with van der Waals surface area (Å²) in [5, 5.41) is 9.71. The molecule has 0 amide bonds. The first-order valence-electron chi connectivity index (χ1n) is 6.21. The van der Waals surface area contributed by atoms with E-state index in [2.05, 4.69) is 20.8 Å². The first-order chi connectivity index (χ1) is 7.79. The van der Waals surface area contributed by atoms with Gasteiger partial charge >= 0.3 is 0 Å². The Balaban J connectivity index is 2.70. The lowest BCUT2D eigenvalue weighted by Gasteiger charge is -2.20. The molecule has 0 aliphatic carbocycles. The Morgan fingerprint density at radius 1 is 1.29 bits per heavy atom. The third-order valence-corrected chi connectivity index (χ3v) is 2.73. The third kappa shape index (κ3) is 4.78. The van der Waals surface area contributed by atoms with E-state index in [-0.39, 0.29) is 5.41 Å². The lowest BCUT2D eigenvalue weighted by atomic mass is 9.93. The fourth-order valence-electron chi connectivity index (χ4n) is 1.59. The molecule has 0 spiro atoms. The quantitative estimate of drug-likeness (QED) is 0.860. The van der Waals surface area contributed by atoms with E-state index in [4.69, 9.17) is 4.74 Å². The summed E-state index contributed by atoms with van der Waals surface area (Å²) in [6.45, 7) is 11.1. The van der Waals surface area contributed by atoms with Crippen molar-refractivity contribution in [2.45, 2.75) is 47.1 Å². The van der Waals surface area contributed by atoms with Gasteiger partial charge in [0.1, 0.15) is 5.75 Å². The zero-order valence-corrected chi connectivity index (χ0v) is 11.6. The number of hydrogen-bond donors (Lipinski definition) is 1. The van der Waals surface area contributed by atoms with Gasteiger partial charge in [-0.2, -0.15) is 0 Å². The molecule has 0 bridgehead atoms. The summed E-state index contributed by atoms with van der Waals surface area (Å²) in [6.07, 6.45) is 0.514. The Hall–Kier alpha value is -1.02. The highest BCUT2D eigenvalue weighted by atomic mass is 16.5. The van der Waals surface area contributed by atoms with Gasteiger partial charge in [0.15, 0.2) is 0 Å². The van der Waals surface area contributed by atoms with Gasteiger partial charge in [-0.15, -0.1) is 0 Å². The predicted molar refractivity (Wildman–Crippen MR) is 71.4 cm³/mol. The predicted octanol–water partition coefficient (Wildman–Crippen LogP) is 3.86. The second kappa shape index (κ2) is 5.54. The van der Waals surface area contributed by atoms with Crippen molar-refractivity contribution in [1.29, 1.82) is 0 Å². The SMILES string of the molecule is Cc1ccc(OCCC(C)(C)C)c(C(C)O)c1. The van der Waals surface area contributed by atoms with Crippen molar-refractivity contribution in [3.63, 3.8) is 0 Å². The summed E-state index contributed by atoms with van der Waals surface area (Å²) in [4.78, 5) is 0. The van der Waals surface area contributed by atoms with Crippen LogP contribution in [0.4, 0.5) is 0 Å². The summed E-state index contributed by atoms with van der Waals surface area (Å²) in [5.74, 6) is 0.801. The molecule has 0 radical (unpaired) electrons. The number of hydrogen-bond acceptors (Lipinski definition) is 2. The average Bonchev–Trinajstić information content (AvgIpc) is 2.18. The summed E-state index contributed by atoms with van der Waals surface area (Å²) in [5.41, 5.74) is 2.29. The molecule has 1 aromatic rings. The summed E-state index contributed by atoms with van der Waals surface area (Å²) in [7, 11) is 0. The maximum absolute atomic E-state index is 9.71. The highest BCUT2D eigenvalue weighted by Crippen LogP contribution is 2.27. The molecule has 1 unspecified atom stereocenters. The van der Waals surface area contributed by atoms with Crippen molar-refractivity contribution in [3.8, 4) is 5.75 Å². The minimum absolute atomic E-state index is 0.274. The molecule has 1 atom stereocenters. The Morgan fingerprint density at radius 3 is 2.47 bits per heavy atom. The van der Waals surface area contributed by atoms with Gasteiger partial charge in [0, 0.05) is 5.56 Å². The van der Waals surface area contributed by atoms with E-state index in [0.717, 1.165) is 23.3 Å². The van der Waals surface area contributed by atoms with Gasteiger partial charge in [-0.05, 0) is 37.8 Å². The Kier molecular flexibility index (Phi) is 4.58. The average molecular weight is 236 g/mol. The highest BCUT2D eigenvalue weighted by Gasteiger charge is 2.12. The number of rotatable bonds is 4. The molecule has 0 saturated heterocycles. The Labute approximate surface area is 105 Å². The zero-order chi connectivity index (χ0) is 13.1. The fraction of sp³-hybridized carbons (Fsp3) is 0.600. The molecule has 0 fully saturated rings. The molecule has 1 rings (SSSR count). The highest BCUT2D eigenvalue weighted by molar-refractivity contribution is 5.38. The zero-order valence-electron chi connectivity index (χ0n) is 11.6. The van der Waals surface area contributed by atoms with E-state index in [0.29, 0.717) is 6.61 Å². The molecule has 1 aromatic carbocycles. The van der Waals surface area contributed by atoms with Crippen LogP contribution in [0.2, 0.25) is 0 Å². The Morgan fingerprint density at radius 2 is 1.94 bits per heavy atom. The number of aryl methyl sites for hydroxylation is 1. The van der Waals surface area contributed by atoms with E-state index >= 15 is 0 Å². The van der Waals surface area contributed by atoms with E-state index in [9.17, 15) is 5.11 Å². The largest absolute Gasteiger partial charge is 0.493 e. The molecule has 1 N–H and O–H groups in total.